The summed E-state index contributed by atoms with van der Waals surface area (Å²) in [5.41, 5.74) is 12.1. The number of hydrogen-bond acceptors (Lipinski definition) is 3. The maximum Gasteiger partial charge on any atom is 0.0597 e. The number of anilines is 1. The third-order valence-corrected chi connectivity index (χ3v) is 4.05. The van der Waals surface area contributed by atoms with Crippen molar-refractivity contribution in [1.29, 1.82) is 0 Å². The van der Waals surface area contributed by atoms with Gasteiger partial charge in [0.2, 0.25) is 0 Å². The molecule has 4 nitrogen and oxygen atoms in total. The Kier molecular flexibility index (Phi) is 3.49. The minimum absolute atomic E-state index is 0.931. The van der Waals surface area contributed by atoms with Gasteiger partial charge in [0.1, 0.15) is 0 Å². The van der Waals surface area contributed by atoms with Crippen LogP contribution in [0, 0.1) is 6.92 Å². The molecule has 0 aliphatic carbocycles. The summed E-state index contributed by atoms with van der Waals surface area (Å²) in [7, 11) is 0. The number of aromatic nitrogens is 2. The first-order valence-electron chi connectivity index (χ1n) is 7.29. The van der Waals surface area contributed by atoms with Crippen LogP contribution < -0.4 is 5.73 Å². The van der Waals surface area contributed by atoms with Crippen LogP contribution in [0.15, 0.2) is 24.3 Å². The van der Waals surface area contributed by atoms with E-state index in [1.165, 1.54) is 16.8 Å². The summed E-state index contributed by atoms with van der Waals surface area (Å²) >= 11 is 0. The van der Waals surface area contributed by atoms with E-state index < -0.39 is 0 Å². The predicted octanol–water partition coefficient (Wildman–Crippen LogP) is 2.35. The van der Waals surface area contributed by atoms with Crippen molar-refractivity contribution in [1.82, 2.24) is 14.7 Å². The van der Waals surface area contributed by atoms with Crippen molar-refractivity contribution >= 4 is 5.69 Å². The van der Waals surface area contributed by atoms with Crippen LogP contribution in [0.2, 0.25) is 0 Å². The number of benzene rings is 1. The zero-order valence-corrected chi connectivity index (χ0v) is 12.3. The Balaban J connectivity index is 1.77. The molecule has 106 valence electrons. The van der Waals surface area contributed by atoms with Gasteiger partial charge in [-0.05, 0) is 43.5 Å². The first-order valence-corrected chi connectivity index (χ1v) is 7.29. The second kappa shape index (κ2) is 5.29. The molecule has 2 aromatic rings. The highest BCUT2D eigenvalue weighted by molar-refractivity contribution is 5.51. The highest BCUT2D eigenvalue weighted by atomic mass is 15.3. The van der Waals surface area contributed by atoms with Crippen LogP contribution in [0.4, 0.5) is 5.69 Å². The van der Waals surface area contributed by atoms with Crippen LogP contribution in [-0.2, 0) is 26.1 Å². The molecule has 3 rings (SSSR count). The summed E-state index contributed by atoms with van der Waals surface area (Å²) in [5.74, 6) is 0. The number of nitrogens with two attached hydrogens (primary N) is 1. The van der Waals surface area contributed by atoms with E-state index in [9.17, 15) is 0 Å². The lowest BCUT2D eigenvalue weighted by Gasteiger charge is -2.29. The van der Waals surface area contributed by atoms with Gasteiger partial charge in [-0.3, -0.25) is 9.58 Å². The average molecular weight is 270 g/mol. The Morgan fingerprint density at radius 2 is 2.20 bits per heavy atom. The van der Waals surface area contributed by atoms with Crippen molar-refractivity contribution in [3.8, 4) is 0 Å². The largest absolute Gasteiger partial charge is 0.398 e. The summed E-state index contributed by atoms with van der Waals surface area (Å²) in [5, 5.41) is 4.52. The van der Waals surface area contributed by atoms with Gasteiger partial charge < -0.3 is 5.73 Å². The molecule has 1 aliphatic heterocycles. The van der Waals surface area contributed by atoms with Gasteiger partial charge in [-0.2, -0.15) is 5.10 Å². The smallest absolute Gasteiger partial charge is 0.0597 e. The van der Waals surface area contributed by atoms with E-state index >= 15 is 0 Å². The van der Waals surface area contributed by atoms with Crippen LogP contribution >= 0.6 is 0 Å². The summed E-state index contributed by atoms with van der Waals surface area (Å²) in [6.45, 7) is 8.14. The van der Waals surface area contributed by atoms with Crippen molar-refractivity contribution in [2.24, 2.45) is 0 Å². The molecular weight excluding hydrogens is 248 g/mol. The zero-order valence-electron chi connectivity index (χ0n) is 12.3. The molecule has 0 spiro atoms. The van der Waals surface area contributed by atoms with Crippen molar-refractivity contribution < 1.29 is 0 Å². The maximum absolute atomic E-state index is 6.06. The summed E-state index contributed by atoms with van der Waals surface area (Å²) in [4.78, 5) is 2.48. The van der Waals surface area contributed by atoms with Gasteiger partial charge in [0.25, 0.3) is 0 Å². The molecule has 1 aromatic heterocycles. The van der Waals surface area contributed by atoms with Gasteiger partial charge in [0.15, 0.2) is 0 Å². The summed E-state index contributed by atoms with van der Waals surface area (Å²) < 4.78 is 2.10. The molecule has 1 aromatic carbocycles. The lowest BCUT2D eigenvalue weighted by Crippen LogP contribution is -2.31. The molecule has 0 radical (unpaired) electrons. The van der Waals surface area contributed by atoms with E-state index in [0.29, 0.717) is 0 Å². The average Bonchev–Trinajstić information content (AvgIpc) is 2.79. The second-order valence-corrected chi connectivity index (χ2v) is 5.54. The van der Waals surface area contributed by atoms with Crippen molar-refractivity contribution in [3.05, 3.63) is 46.8 Å². The molecule has 2 heterocycles. The molecule has 0 atom stereocenters. The third kappa shape index (κ3) is 2.43. The molecular formula is C16H22N4. The summed E-state index contributed by atoms with van der Waals surface area (Å²) in [6.07, 6.45) is 1.04. The molecule has 2 N–H and O–H groups in total. The number of rotatable bonds is 3. The first kappa shape index (κ1) is 13.2. The topological polar surface area (TPSA) is 47.1 Å². The molecule has 0 unspecified atom stereocenters. The molecule has 1 aliphatic rings. The van der Waals surface area contributed by atoms with E-state index in [1.807, 2.05) is 6.07 Å². The number of nitrogen functional groups attached to an aromatic ring is 1. The molecule has 0 saturated carbocycles. The third-order valence-electron chi connectivity index (χ3n) is 4.05. The monoisotopic (exact) mass is 270 g/mol. The molecule has 0 bridgehead atoms. The predicted molar refractivity (Wildman–Crippen MR) is 81.3 cm³/mol. The van der Waals surface area contributed by atoms with Gasteiger partial charge in [-0.1, -0.05) is 12.1 Å². The number of aryl methyl sites for hydroxylation is 2. The van der Waals surface area contributed by atoms with Gasteiger partial charge in [0, 0.05) is 31.9 Å². The molecule has 0 fully saturated rings. The lowest BCUT2D eigenvalue weighted by atomic mass is 9.98. The minimum atomic E-state index is 0.931. The molecule has 4 heteroatoms. The fourth-order valence-corrected chi connectivity index (χ4v) is 3.06. The van der Waals surface area contributed by atoms with Crippen LogP contribution in [0.25, 0.3) is 0 Å². The van der Waals surface area contributed by atoms with Gasteiger partial charge in [0.05, 0.1) is 11.4 Å². The highest BCUT2D eigenvalue weighted by Crippen LogP contribution is 2.25. The minimum Gasteiger partial charge on any atom is -0.398 e. The Bertz CT molecular complexity index is 615. The van der Waals surface area contributed by atoms with Gasteiger partial charge in [-0.15, -0.1) is 0 Å². The quantitative estimate of drug-likeness (QED) is 0.871. The fourth-order valence-electron chi connectivity index (χ4n) is 3.06. The van der Waals surface area contributed by atoms with E-state index in [0.717, 1.165) is 44.0 Å². The molecule has 20 heavy (non-hydrogen) atoms. The normalized spacial score (nSPS) is 15.3. The van der Waals surface area contributed by atoms with E-state index in [1.54, 1.807) is 0 Å². The zero-order chi connectivity index (χ0) is 14.1. The second-order valence-electron chi connectivity index (χ2n) is 5.54. The Labute approximate surface area is 120 Å². The van der Waals surface area contributed by atoms with Crippen molar-refractivity contribution in [2.45, 2.75) is 39.9 Å². The maximum atomic E-state index is 6.06. The molecule has 0 amide bonds. The van der Waals surface area contributed by atoms with E-state index in [-0.39, 0.29) is 0 Å². The Morgan fingerprint density at radius 1 is 1.35 bits per heavy atom. The van der Waals surface area contributed by atoms with Crippen LogP contribution in [0.3, 0.4) is 0 Å². The van der Waals surface area contributed by atoms with Crippen molar-refractivity contribution in [3.63, 3.8) is 0 Å². The molecule has 0 saturated heterocycles. The Hall–Kier alpha value is -1.81. The lowest BCUT2D eigenvalue weighted by molar-refractivity contribution is 0.238. The number of fused-ring (bicyclic) bond motifs is 1. The fraction of sp³-hybridized carbons (Fsp3) is 0.438. The number of nitrogens with zero attached hydrogens (tertiary/aromatic N) is 3. The SMILES string of the molecule is CCn1nc(C)cc1CN1CCc2c(N)cccc2C1. The van der Waals surface area contributed by atoms with Crippen molar-refractivity contribution in [2.75, 3.05) is 12.3 Å². The van der Waals surface area contributed by atoms with Crippen LogP contribution in [0.5, 0.6) is 0 Å². The summed E-state index contributed by atoms with van der Waals surface area (Å²) in [6, 6.07) is 8.45. The van der Waals surface area contributed by atoms with E-state index in [2.05, 4.69) is 46.7 Å². The standard InChI is InChI=1S/C16H22N4/c1-3-20-14(9-12(2)18-20)11-19-8-7-15-13(10-19)5-4-6-16(15)17/h4-6,9H,3,7-8,10-11,17H2,1-2H3. The van der Waals surface area contributed by atoms with Crippen LogP contribution in [0.1, 0.15) is 29.4 Å². The van der Waals surface area contributed by atoms with Gasteiger partial charge >= 0.3 is 0 Å². The number of hydrogen-bond donors (Lipinski definition) is 1. The first-order chi connectivity index (χ1) is 9.67. The van der Waals surface area contributed by atoms with E-state index in [4.69, 9.17) is 5.73 Å². The van der Waals surface area contributed by atoms with Gasteiger partial charge in [-0.25, -0.2) is 0 Å². The van der Waals surface area contributed by atoms with Crippen LogP contribution in [-0.4, -0.2) is 21.2 Å². The highest BCUT2D eigenvalue weighted by Gasteiger charge is 2.19. The Morgan fingerprint density at radius 3 is 3.00 bits per heavy atom.